The molecule has 0 bridgehead atoms. The third-order valence-corrected chi connectivity index (χ3v) is 3.73. The van der Waals surface area contributed by atoms with Crippen molar-refractivity contribution in [3.8, 4) is 0 Å². The van der Waals surface area contributed by atoms with Gasteiger partial charge in [-0.2, -0.15) is 5.10 Å². The molecule has 118 valence electrons. The summed E-state index contributed by atoms with van der Waals surface area (Å²) in [6, 6.07) is 8.44. The van der Waals surface area contributed by atoms with Crippen molar-refractivity contribution in [2.24, 2.45) is 0 Å². The summed E-state index contributed by atoms with van der Waals surface area (Å²) in [6.07, 6.45) is 3.62. The van der Waals surface area contributed by atoms with Crippen LogP contribution in [-0.2, 0) is 11.3 Å². The van der Waals surface area contributed by atoms with Crippen LogP contribution in [0.3, 0.4) is 0 Å². The van der Waals surface area contributed by atoms with E-state index in [2.05, 4.69) is 34.4 Å². The van der Waals surface area contributed by atoms with E-state index >= 15 is 0 Å². The molecule has 0 fully saturated rings. The first-order valence-corrected chi connectivity index (χ1v) is 7.45. The Labute approximate surface area is 131 Å². The van der Waals surface area contributed by atoms with Crippen molar-refractivity contribution in [2.45, 2.75) is 26.4 Å². The zero-order valence-corrected chi connectivity index (χ0v) is 13.7. The third kappa shape index (κ3) is 4.18. The Kier molecular flexibility index (Phi) is 5.33. The first kappa shape index (κ1) is 16.2. The van der Waals surface area contributed by atoms with E-state index in [1.165, 1.54) is 11.1 Å². The summed E-state index contributed by atoms with van der Waals surface area (Å²) < 4.78 is 1.66. The molecular weight excluding hydrogens is 276 g/mol. The molecule has 2 rings (SSSR count). The summed E-state index contributed by atoms with van der Waals surface area (Å²) in [5, 5.41) is 7.14. The fourth-order valence-electron chi connectivity index (χ4n) is 2.50. The van der Waals surface area contributed by atoms with E-state index in [0.29, 0.717) is 6.54 Å². The topological polar surface area (TPSA) is 50.2 Å². The molecule has 0 aliphatic rings. The number of carbonyl (C=O) groups excluding carboxylic acids is 1. The highest BCUT2D eigenvalue weighted by Gasteiger charge is 2.17. The number of nitrogens with zero attached hydrogens (tertiary/aromatic N) is 3. The summed E-state index contributed by atoms with van der Waals surface area (Å²) in [4.78, 5) is 14.2. The Morgan fingerprint density at radius 1 is 1.32 bits per heavy atom. The highest BCUT2D eigenvalue weighted by atomic mass is 16.2. The number of aryl methyl sites for hydroxylation is 2. The molecule has 0 unspecified atom stereocenters. The van der Waals surface area contributed by atoms with Gasteiger partial charge in [-0.05, 0) is 44.6 Å². The molecule has 22 heavy (non-hydrogen) atoms. The van der Waals surface area contributed by atoms with Gasteiger partial charge in [0.25, 0.3) is 0 Å². The van der Waals surface area contributed by atoms with Gasteiger partial charge in [0.1, 0.15) is 6.54 Å². The second-order valence-corrected chi connectivity index (χ2v) is 5.86. The van der Waals surface area contributed by atoms with Crippen LogP contribution in [0.25, 0.3) is 0 Å². The normalized spacial score (nSPS) is 12.4. The molecule has 0 aliphatic heterocycles. The molecule has 1 aromatic carbocycles. The lowest BCUT2D eigenvalue weighted by Gasteiger charge is -2.26. The lowest BCUT2D eigenvalue weighted by molar-refractivity contribution is -0.122. The number of hydrogen-bond acceptors (Lipinski definition) is 3. The summed E-state index contributed by atoms with van der Waals surface area (Å²) in [6.45, 7) is 4.89. The molecule has 1 heterocycles. The van der Waals surface area contributed by atoms with Gasteiger partial charge in [-0.25, -0.2) is 0 Å². The van der Waals surface area contributed by atoms with Crippen molar-refractivity contribution in [2.75, 3.05) is 20.6 Å². The first-order valence-electron chi connectivity index (χ1n) is 7.45. The maximum Gasteiger partial charge on any atom is 0.241 e. The number of carbonyl (C=O) groups is 1. The predicted molar refractivity (Wildman–Crippen MR) is 87.6 cm³/mol. The van der Waals surface area contributed by atoms with E-state index in [1.54, 1.807) is 10.9 Å². The van der Waals surface area contributed by atoms with E-state index in [1.807, 2.05) is 39.3 Å². The van der Waals surface area contributed by atoms with Gasteiger partial charge in [0.05, 0.1) is 12.2 Å². The number of rotatable bonds is 6. The smallest absolute Gasteiger partial charge is 0.241 e. The fraction of sp³-hybridized carbons (Fsp3) is 0.412. The van der Waals surface area contributed by atoms with Crippen molar-refractivity contribution in [1.82, 2.24) is 20.0 Å². The Hall–Kier alpha value is -2.14. The van der Waals surface area contributed by atoms with Crippen molar-refractivity contribution in [3.63, 3.8) is 0 Å². The fourth-order valence-corrected chi connectivity index (χ4v) is 2.50. The Balaban J connectivity index is 1.97. The van der Waals surface area contributed by atoms with E-state index in [9.17, 15) is 4.79 Å². The standard InChI is InChI=1S/C17H24N4O/c1-13-9-19-21(11-13)12-17(22)18-10-16(20(3)4)15-8-6-5-7-14(15)2/h5-9,11,16H,10,12H2,1-4H3,(H,18,22)/t16-/m1/s1. The third-order valence-electron chi connectivity index (χ3n) is 3.73. The van der Waals surface area contributed by atoms with Gasteiger partial charge in [0, 0.05) is 12.7 Å². The van der Waals surface area contributed by atoms with Crippen molar-refractivity contribution < 1.29 is 4.79 Å². The SMILES string of the molecule is Cc1cnn(CC(=O)NC[C@H](c2ccccc2C)N(C)C)c1. The number of aromatic nitrogens is 2. The zero-order chi connectivity index (χ0) is 16.1. The maximum absolute atomic E-state index is 12.1. The summed E-state index contributed by atoms with van der Waals surface area (Å²) in [7, 11) is 4.06. The van der Waals surface area contributed by atoms with Crippen LogP contribution in [0, 0.1) is 13.8 Å². The minimum atomic E-state index is -0.0245. The van der Waals surface area contributed by atoms with Gasteiger partial charge in [-0.1, -0.05) is 24.3 Å². The van der Waals surface area contributed by atoms with Gasteiger partial charge in [-0.3, -0.25) is 9.48 Å². The highest BCUT2D eigenvalue weighted by molar-refractivity contribution is 5.75. The molecule has 5 nitrogen and oxygen atoms in total. The molecule has 5 heteroatoms. The Bertz CT molecular complexity index is 633. The van der Waals surface area contributed by atoms with Crippen LogP contribution < -0.4 is 5.32 Å². The van der Waals surface area contributed by atoms with E-state index in [-0.39, 0.29) is 18.5 Å². The van der Waals surface area contributed by atoms with Crippen LogP contribution in [0.15, 0.2) is 36.7 Å². The molecule has 1 N–H and O–H groups in total. The number of hydrogen-bond donors (Lipinski definition) is 1. The van der Waals surface area contributed by atoms with Crippen molar-refractivity contribution in [1.29, 1.82) is 0 Å². The molecule has 0 spiro atoms. The second kappa shape index (κ2) is 7.22. The molecule has 1 aromatic heterocycles. The summed E-state index contributed by atoms with van der Waals surface area (Å²) >= 11 is 0. The van der Waals surface area contributed by atoms with Crippen molar-refractivity contribution in [3.05, 3.63) is 53.3 Å². The summed E-state index contributed by atoms with van der Waals surface area (Å²) in [5.74, 6) is -0.0245. The molecule has 1 atom stereocenters. The van der Waals surface area contributed by atoms with Crippen LogP contribution in [0.1, 0.15) is 22.7 Å². The lowest BCUT2D eigenvalue weighted by Crippen LogP contribution is -2.36. The average molecular weight is 300 g/mol. The van der Waals surface area contributed by atoms with Crippen molar-refractivity contribution >= 4 is 5.91 Å². The number of nitrogens with one attached hydrogen (secondary N) is 1. The van der Waals surface area contributed by atoms with Gasteiger partial charge < -0.3 is 10.2 Å². The van der Waals surface area contributed by atoms with Crippen LogP contribution in [0.4, 0.5) is 0 Å². The molecule has 0 radical (unpaired) electrons. The second-order valence-electron chi connectivity index (χ2n) is 5.86. The van der Waals surface area contributed by atoms with Gasteiger partial charge >= 0.3 is 0 Å². The largest absolute Gasteiger partial charge is 0.353 e. The molecule has 0 saturated heterocycles. The average Bonchev–Trinajstić information content (AvgIpc) is 2.85. The Morgan fingerprint density at radius 3 is 2.64 bits per heavy atom. The molecule has 0 aliphatic carbocycles. The number of likely N-dealkylation sites (N-methyl/N-ethyl adjacent to an activating group) is 1. The maximum atomic E-state index is 12.1. The molecular formula is C17H24N4O. The van der Waals surface area contributed by atoms with Crippen LogP contribution in [-0.4, -0.2) is 41.2 Å². The van der Waals surface area contributed by atoms with E-state index in [4.69, 9.17) is 0 Å². The summed E-state index contributed by atoms with van der Waals surface area (Å²) in [5.41, 5.74) is 3.53. The number of benzene rings is 1. The molecule has 1 amide bonds. The van der Waals surface area contributed by atoms with Gasteiger partial charge in [-0.15, -0.1) is 0 Å². The van der Waals surface area contributed by atoms with E-state index < -0.39 is 0 Å². The highest BCUT2D eigenvalue weighted by Crippen LogP contribution is 2.20. The number of amides is 1. The van der Waals surface area contributed by atoms with Gasteiger partial charge in [0.15, 0.2) is 0 Å². The lowest BCUT2D eigenvalue weighted by atomic mass is 10.0. The minimum absolute atomic E-state index is 0.0245. The zero-order valence-electron chi connectivity index (χ0n) is 13.7. The predicted octanol–water partition coefficient (Wildman–Crippen LogP) is 1.92. The quantitative estimate of drug-likeness (QED) is 0.887. The van der Waals surface area contributed by atoms with Crippen LogP contribution in [0.5, 0.6) is 0 Å². The monoisotopic (exact) mass is 300 g/mol. The first-order chi connectivity index (χ1) is 10.5. The molecule has 0 saturated carbocycles. The molecule has 2 aromatic rings. The van der Waals surface area contributed by atoms with Crippen LogP contribution >= 0.6 is 0 Å². The van der Waals surface area contributed by atoms with Gasteiger partial charge in [0.2, 0.25) is 5.91 Å². The Morgan fingerprint density at radius 2 is 2.05 bits per heavy atom. The van der Waals surface area contributed by atoms with Crippen LogP contribution in [0.2, 0.25) is 0 Å². The van der Waals surface area contributed by atoms with E-state index in [0.717, 1.165) is 5.56 Å². The minimum Gasteiger partial charge on any atom is -0.353 e.